The van der Waals surface area contributed by atoms with Gasteiger partial charge in [-0.2, -0.15) is 0 Å². The van der Waals surface area contributed by atoms with E-state index in [2.05, 4.69) is 262 Å². The molecular formula is C60H41N3Si. The second-order valence-electron chi connectivity index (χ2n) is 16.8. The van der Waals surface area contributed by atoms with Crippen molar-refractivity contribution in [1.82, 2.24) is 13.7 Å². The van der Waals surface area contributed by atoms with Gasteiger partial charge >= 0.3 is 0 Å². The van der Waals surface area contributed by atoms with E-state index >= 15 is 0 Å². The van der Waals surface area contributed by atoms with Gasteiger partial charge in [0.05, 0.1) is 44.5 Å². The Hall–Kier alpha value is -8.18. The van der Waals surface area contributed by atoms with Crippen LogP contribution in [0.5, 0.6) is 0 Å². The zero-order valence-electron chi connectivity index (χ0n) is 35.0. The summed E-state index contributed by atoms with van der Waals surface area (Å²) >= 11 is 0. The summed E-state index contributed by atoms with van der Waals surface area (Å²) in [6.07, 6.45) is 0. The fourth-order valence-electron chi connectivity index (χ4n) is 11.0. The van der Waals surface area contributed by atoms with Gasteiger partial charge in [-0.1, -0.05) is 188 Å². The number of para-hydroxylation sites is 4. The molecule has 4 heteroatoms. The Labute approximate surface area is 372 Å². The first kappa shape index (κ1) is 36.5. The van der Waals surface area contributed by atoms with Gasteiger partial charge < -0.3 is 13.7 Å². The second kappa shape index (κ2) is 14.5. The van der Waals surface area contributed by atoms with Gasteiger partial charge in [0, 0.05) is 38.4 Å². The maximum atomic E-state index is 2.50. The summed E-state index contributed by atoms with van der Waals surface area (Å²) < 4.78 is 7.45. The minimum atomic E-state index is -2.75. The highest BCUT2D eigenvalue weighted by Gasteiger charge is 2.41. The van der Waals surface area contributed by atoms with Crippen LogP contribution >= 0.6 is 0 Å². The summed E-state index contributed by atoms with van der Waals surface area (Å²) in [4.78, 5) is 0. The van der Waals surface area contributed by atoms with Crippen molar-refractivity contribution in [2.45, 2.75) is 0 Å². The first-order valence-corrected chi connectivity index (χ1v) is 24.1. The molecule has 3 aromatic heterocycles. The molecule has 3 nitrogen and oxygen atoms in total. The highest BCUT2D eigenvalue weighted by molar-refractivity contribution is 7.19. The molecule has 0 fully saturated rings. The van der Waals surface area contributed by atoms with Crippen LogP contribution in [0.25, 0.3) is 82.8 Å². The molecule has 10 aromatic carbocycles. The summed E-state index contributed by atoms with van der Waals surface area (Å²) in [6, 6.07) is 92.1. The summed E-state index contributed by atoms with van der Waals surface area (Å²) in [5.41, 5.74) is 13.1. The van der Waals surface area contributed by atoms with E-state index in [1.807, 2.05) is 0 Å². The lowest BCUT2D eigenvalue weighted by Crippen LogP contribution is -2.74. The van der Waals surface area contributed by atoms with Gasteiger partial charge in [0.1, 0.15) is 0 Å². The van der Waals surface area contributed by atoms with Gasteiger partial charge in [-0.3, -0.25) is 0 Å². The zero-order chi connectivity index (χ0) is 42.2. The highest BCUT2D eigenvalue weighted by atomic mass is 28.3. The summed E-state index contributed by atoms with van der Waals surface area (Å²) in [5, 5.41) is 10.5. The van der Waals surface area contributed by atoms with E-state index in [0.717, 1.165) is 11.4 Å². The van der Waals surface area contributed by atoms with E-state index in [9.17, 15) is 0 Å². The Morgan fingerprint density at radius 2 is 0.594 bits per heavy atom. The molecule has 0 atom stereocenters. The minimum absolute atomic E-state index is 1.16. The number of benzene rings is 10. The molecule has 0 amide bonds. The van der Waals surface area contributed by atoms with Crippen LogP contribution in [-0.2, 0) is 0 Å². The molecule has 3 heterocycles. The number of aromatic nitrogens is 3. The molecule has 0 aliphatic carbocycles. The predicted octanol–water partition coefficient (Wildman–Crippen LogP) is 12.3. The van der Waals surface area contributed by atoms with Gasteiger partial charge in [-0.25, -0.2) is 0 Å². The lowest BCUT2D eigenvalue weighted by atomic mass is 10.0. The molecule has 0 aliphatic rings. The maximum absolute atomic E-state index is 2.75. The first-order chi connectivity index (χ1) is 31.8. The van der Waals surface area contributed by atoms with Crippen molar-refractivity contribution in [3.63, 3.8) is 0 Å². The van der Waals surface area contributed by atoms with Gasteiger partial charge in [0.15, 0.2) is 8.07 Å². The standard InChI is InChI=1S/C60H41N3Si/c1-4-22-43(23-5-1)64(44-24-6-2-7-25-44,45-26-8-3-9-27-45)46-28-18-21-42(41-46)61-55-37-19-39-57-59(55)60-56(61)38-20-40-58(60)63(57)54-36-17-13-32-50(54)49-31-12-16-35-53(49)62-51-33-14-10-29-47(51)48-30-11-15-34-52(48)62/h1-41H. The van der Waals surface area contributed by atoms with E-state index in [4.69, 9.17) is 0 Å². The van der Waals surface area contributed by atoms with E-state index in [-0.39, 0.29) is 0 Å². The smallest absolute Gasteiger partial charge is 0.179 e. The molecule has 64 heavy (non-hydrogen) atoms. The van der Waals surface area contributed by atoms with Crippen LogP contribution < -0.4 is 20.7 Å². The lowest BCUT2D eigenvalue weighted by molar-refractivity contribution is 1.15. The Morgan fingerprint density at radius 3 is 1.08 bits per heavy atom. The molecule has 0 spiro atoms. The van der Waals surface area contributed by atoms with Crippen LogP contribution in [0.2, 0.25) is 0 Å². The van der Waals surface area contributed by atoms with Crippen molar-refractivity contribution >= 4 is 83.5 Å². The van der Waals surface area contributed by atoms with E-state index in [0.29, 0.717) is 0 Å². The third-order valence-corrected chi connectivity index (χ3v) is 18.3. The minimum Gasteiger partial charge on any atom is -0.309 e. The number of hydrogen-bond donors (Lipinski definition) is 0. The van der Waals surface area contributed by atoms with Crippen LogP contribution in [0.15, 0.2) is 249 Å². The molecule has 0 aliphatic heterocycles. The monoisotopic (exact) mass is 831 g/mol. The van der Waals surface area contributed by atoms with Crippen LogP contribution in [0, 0.1) is 0 Å². The summed E-state index contributed by atoms with van der Waals surface area (Å²) in [6.45, 7) is 0. The quantitative estimate of drug-likeness (QED) is 0.107. The molecule has 300 valence electrons. The van der Waals surface area contributed by atoms with Crippen LogP contribution in [-0.4, -0.2) is 21.8 Å². The van der Waals surface area contributed by atoms with Crippen molar-refractivity contribution in [2.75, 3.05) is 0 Å². The number of fused-ring (bicyclic) bond motifs is 3. The second-order valence-corrected chi connectivity index (χ2v) is 20.6. The number of nitrogens with zero attached hydrogens (tertiary/aromatic N) is 3. The zero-order valence-corrected chi connectivity index (χ0v) is 36.0. The van der Waals surface area contributed by atoms with Crippen molar-refractivity contribution in [3.8, 4) is 28.2 Å². The molecule has 0 N–H and O–H groups in total. The molecule has 0 saturated carbocycles. The average molecular weight is 832 g/mol. The van der Waals surface area contributed by atoms with Gasteiger partial charge in [-0.05, 0) is 81.4 Å². The Morgan fingerprint density at radius 1 is 0.250 bits per heavy atom. The van der Waals surface area contributed by atoms with Crippen molar-refractivity contribution in [3.05, 3.63) is 249 Å². The van der Waals surface area contributed by atoms with E-state index < -0.39 is 8.07 Å². The third kappa shape index (κ3) is 5.21. The SMILES string of the molecule is c1ccc([Si](c2ccccc2)(c2ccccc2)c2cccc(-n3c4cccc5c4c4c3cccc4n5-c3ccccc3-c3ccccc3-n3c4ccccc4c4ccccc43)c2)cc1. The topological polar surface area (TPSA) is 14.8 Å². The highest BCUT2D eigenvalue weighted by Crippen LogP contribution is 2.45. The van der Waals surface area contributed by atoms with Crippen LogP contribution in [0.3, 0.4) is 0 Å². The largest absolute Gasteiger partial charge is 0.309 e. The van der Waals surface area contributed by atoms with Crippen molar-refractivity contribution < 1.29 is 0 Å². The fourth-order valence-corrected chi connectivity index (χ4v) is 15.8. The molecule has 0 unspecified atom stereocenters. The van der Waals surface area contributed by atoms with Crippen LogP contribution in [0.4, 0.5) is 0 Å². The third-order valence-electron chi connectivity index (χ3n) is 13.6. The lowest BCUT2D eigenvalue weighted by Gasteiger charge is -2.34. The molecule has 13 rings (SSSR count). The summed E-state index contributed by atoms with van der Waals surface area (Å²) in [7, 11) is -2.75. The first-order valence-electron chi connectivity index (χ1n) is 22.1. The van der Waals surface area contributed by atoms with Gasteiger partial charge in [0.25, 0.3) is 0 Å². The molecular weight excluding hydrogens is 791 g/mol. The average Bonchev–Trinajstić information content (AvgIpc) is 4.02. The Balaban J connectivity index is 1.03. The van der Waals surface area contributed by atoms with E-state index in [1.165, 1.54) is 92.2 Å². The number of hydrogen-bond acceptors (Lipinski definition) is 0. The fraction of sp³-hybridized carbons (Fsp3) is 0. The van der Waals surface area contributed by atoms with Gasteiger partial charge in [-0.15, -0.1) is 0 Å². The van der Waals surface area contributed by atoms with Crippen molar-refractivity contribution in [2.24, 2.45) is 0 Å². The summed E-state index contributed by atoms with van der Waals surface area (Å²) in [5.74, 6) is 0. The Kier molecular flexibility index (Phi) is 8.23. The maximum Gasteiger partial charge on any atom is 0.179 e. The number of rotatable bonds is 8. The van der Waals surface area contributed by atoms with Gasteiger partial charge in [0.2, 0.25) is 0 Å². The van der Waals surface area contributed by atoms with E-state index in [1.54, 1.807) is 0 Å². The Bertz CT molecular complexity index is 3620. The molecule has 0 radical (unpaired) electrons. The predicted molar refractivity (Wildman–Crippen MR) is 272 cm³/mol. The van der Waals surface area contributed by atoms with Crippen LogP contribution in [0.1, 0.15) is 0 Å². The van der Waals surface area contributed by atoms with Crippen molar-refractivity contribution in [1.29, 1.82) is 0 Å². The molecule has 0 saturated heterocycles. The molecule has 13 aromatic rings. The molecule has 0 bridgehead atoms. The normalized spacial score (nSPS) is 12.1.